The zero-order valence-corrected chi connectivity index (χ0v) is 11.1. The smallest absolute Gasteiger partial charge is 0.178 e. The number of halogens is 2. The number of anilines is 1. The van der Waals surface area contributed by atoms with Crippen molar-refractivity contribution in [3.63, 3.8) is 0 Å². The van der Waals surface area contributed by atoms with Crippen LogP contribution in [0.5, 0.6) is 0 Å². The Labute approximate surface area is 109 Å². The first-order valence-electron chi connectivity index (χ1n) is 5.75. The molecule has 104 valence electrons. The van der Waals surface area contributed by atoms with Crippen molar-refractivity contribution >= 4 is 21.3 Å². The summed E-state index contributed by atoms with van der Waals surface area (Å²) in [5.41, 5.74) is -0.00241. The minimum Gasteiger partial charge on any atom is -0.368 e. The van der Waals surface area contributed by atoms with Crippen LogP contribution in [-0.2, 0) is 14.6 Å². The maximum Gasteiger partial charge on any atom is 0.178 e. The Morgan fingerprint density at radius 3 is 2.21 bits per heavy atom. The molecule has 7 heteroatoms. The number of hydrogen-bond acceptors (Lipinski definition) is 4. The van der Waals surface area contributed by atoms with Crippen LogP contribution < -0.4 is 4.90 Å². The van der Waals surface area contributed by atoms with Crippen molar-refractivity contribution in [2.75, 3.05) is 24.2 Å². The standard InChI is InChI=1S/C12H13F2NO3S/c1-19(17,18)12-7-9(13)11(6-10(12)14)15-4-2-8(16)3-5-15/h6-7H,2-5H2,1H3. The van der Waals surface area contributed by atoms with Gasteiger partial charge in [0.15, 0.2) is 9.84 Å². The lowest BCUT2D eigenvalue weighted by atomic mass is 10.1. The number of piperidine rings is 1. The minimum atomic E-state index is -3.80. The molecule has 0 amide bonds. The largest absolute Gasteiger partial charge is 0.368 e. The number of Topliss-reactive ketones (excluding diaryl/α,β-unsaturated/α-hetero) is 1. The highest BCUT2D eigenvalue weighted by Crippen LogP contribution is 2.27. The van der Waals surface area contributed by atoms with E-state index in [4.69, 9.17) is 0 Å². The molecule has 19 heavy (non-hydrogen) atoms. The third-order valence-electron chi connectivity index (χ3n) is 3.06. The van der Waals surface area contributed by atoms with Gasteiger partial charge in [0.25, 0.3) is 0 Å². The van der Waals surface area contributed by atoms with Crippen LogP contribution in [0.25, 0.3) is 0 Å². The third-order valence-corrected chi connectivity index (χ3v) is 4.17. The maximum absolute atomic E-state index is 13.9. The molecule has 2 rings (SSSR count). The summed E-state index contributed by atoms with van der Waals surface area (Å²) < 4.78 is 50.1. The average Bonchev–Trinajstić information content (AvgIpc) is 2.31. The van der Waals surface area contributed by atoms with Gasteiger partial charge in [0.2, 0.25) is 0 Å². The SMILES string of the molecule is CS(=O)(=O)c1cc(F)c(N2CCC(=O)CC2)cc1F. The average molecular weight is 289 g/mol. The van der Waals surface area contributed by atoms with Gasteiger partial charge in [-0.05, 0) is 6.07 Å². The molecule has 0 bridgehead atoms. The number of benzene rings is 1. The minimum absolute atomic E-state index is 0.00241. The monoisotopic (exact) mass is 289 g/mol. The van der Waals surface area contributed by atoms with Crippen LogP contribution in [-0.4, -0.2) is 33.5 Å². The van der Waals surface area contributed by atoms with Crippen LogP contribution in [0.3, 0.4) is 0 Å². The van der Waals surface area contributed by atoms with E-state index in [-0.39, 0.29) is 24.3 Å². The Morgan fingerprint density at radius 2 is 1.68 bits per heavy atom. The van der Waals surface area contributed by atoms with E-state index in [0.717, 1.165) is 12.3 Å². The lowest BCUT2D eigenvalue weighted by Gasteiger charge is -2.28. The lowest BCUT2D eigenvalue weighted by molar-refractivity contribution is -0.119. The normalized spacial score (nSPS) is 16.8. The fourth-order valence-electron chi connectivity index (χ4n) is 2.04. The van der Waals surface area contributed by atoms with Crippen molar-refractivity contribution in [3.05, 3.63) is 23.8 Å². The van der Waals surface area contributed by atoms with E-state index in [0.29, 0.717) is 19.2 Å². The van der Waals surface area contributed by atoms with Gasteiger partial charge in [-0.3, -0.25) is 4.79 Å². The van der Waals surface area contributed by atoms with Gasteiger partial charge >= 0.3 is 0 Å². The van der Waals surface area contributed by atoms with E-state index in [2.05, 4.69) is 0 Å². The van der Waals surface area contributed by atoms with Gasteiger partial charge in [0, 0.05) is 38.3 Å². The Bertz CT molecular complexity index is 618. The Balaban J connectivity index is 2.39. The molecule has 1 aliphatic rings. The van der Waals surface area contributed by atoms with Crippen LogP contribution >= 0.6 is 0 Å². The topological polar surface area (TPSA) is 54.5 Å². The molecule has 0 saturated carbocycles. The van der Waals surface area contributed by atoms with Gasteiger partial charge in [-0.1, -0.05) is 0 Å². The van der Waals surface area contributed by atoms with E-state index in [1.54, 1.807) is 4.90 Å². The van der Waals surface area contributed by atoms with E-state index < -0.39 is 26.4 Å². The fraction of sp³-hybridized carbons (Fsp3) is 0.417. The van der Waals surface area contributed by atoms with Gasteiger partial charge < -0.3 is 4.90 Å². The highest BCUT2D eigenvalue weighted by molar-refractivity contribution is 7.90. The molecule has 0 atom stereocenters. The Hall–Kier alpha value is -1.50. The number of rotatable bonds is 2. The van der Waals surface area contributed by atoms with Gasteiger partial charge in [0.05, 0.1) is 5.69 Å². The van der Waals surface area contributed by atoms with E-state index in [1.165, 1.54) is 0 Å². The summed E-state index contributed by atoms with van der Waals surface area (Å²) in [5.74, 6) is -1.68. The first-order valence-corrected chi connectivity index (χ1v) is 7.64. The molecular weight excluding hydrogens is 276 g/mol. The number of carbonyl (C=O) groups is 1. The summed E-state index contributed by atoms with van der Waals surface area (Å²) in [4.78, 5) is 12.0. The number of nitrogens with zero attached hydrogens (tertiary/aromatic N) is 1. The summed E-state index contributed by atoms with van der Waals surface area (Å²) in [6.07, 6.45) is 1.40. The van der Waals surface area contributed by atoms with Crippen molar-refractivity contribution < 1.29 is 22.0 Å². The van der Waals surface area contributed by atoms with E-state index in [9.17, 15) is 22.0 Å². The Morgan fingerprint density at radius 1 is 1.11 bits per heavy atom. The predicted octanol–water partition coefficient (Wildman–Crippen LogP) is 1.54. The molecule has 0 aliphatic carbocycles. The molecule has 1 aromatic carbocycles. The zero-order chi connectivity index (χ0) is 14.2. The second-order valence-electron chi connectivity index (χ2n) is 4.53. The molecule has 0 unspecified atom stereocenters. The fourth-order valence-corrected chi connectivity index (χ4v) is 2.77. The van der Waals surface area contributed by atoms with Crippen molar-refractivity contribution in [2.24, 2.45) is 0 Å². The van der Waals surface area contributed by atoms with Crippen molar-refractivity contribution in [1.82, 2.24) is 0 Å². The van der Waals surface area contributed by atoms with Gasteiger partial charge in [-0.25, -0.2) is 17.2 Å². The Kier molecular flexibility index (Phi) is 3.58. The molecule has 1 aromatic rings. The van der Waals surface area contributed by atoms with Gasteiger partial charge in [-0.2, -0.15) is 0 Å². The van der Waals surface area contributed by atoms with Crippen molar-refractivity contribution in [2.45, 2.75) is 17.7 Å². The van der Waals surface area contributed by atoms with Crippen LogP contribution in [0.4, 0.5) is 14.5 Å². The number of carbonyl (C=O) groups excluding carboxylic acids is 1. The molecule has 4 nitrogen and oxygen atoms in total. The molecule has 0 radical (unpaired) electrons. The lowest BCUT2D eigenvalue weighted by Crippen LogP contribution is -2.34. The molecule has 0 aromatic heterocycles. The molecule has 1 aliphatic heterocycles. The summed E-state index contributed by atoms with van der Waals surface area (Å²) in [5, 5.41) is 0. The first-order chi connectivity index (χ1) is 8.79. The molecular formula is C12H13F2NO3S. The predicted molar refractivity (Wildman–Crippen MR) is 65.9 cm³/mol. The summed E-state index contributed by atoms with van der Waals surface area (Å²) in [6.45, 7) is 0.626. The summed E-state index contributed by atoms with van der Waals surface area (Å²) in [6, 6.07) is 1.57. The van der Waals surface area contributed by atoms with Gasteiger partial charge in [-0.15, -0.1) is 0 Å². The summed E-state index contributed by atoms with van der Waals surface area (Å²) in [7, 11) is -3.80. The highest BCUT2D eigenvalue weighted by Gasteiger charge is 2.23. The van der Waals surface area contributed by atoms with Crippen LogP contribution in [0, 0.1) is 11.6 Å². The number of ketones is 1. The number of hydrogen-bond donors (Lipinski definition) is 0. The first kappa shape index (κ1) is 13.9. The van der Waals surface area contributed by atoms with Crippen LogP contribution in [0.15, 0.2) is 17.0 Å². The molecule has 0 N–H and O–H groups in total. The zero-order valence-electron chi connectivity index (χ0n) is 10.3. The molecule has 1 heterocycles. The van der Waals surface area contributed by atoms with Gasteiger partial charge in [0.1, 0.15) is 22.3 Å². The highest BCUT2D eigenvalue weighted by atomic mass is 32.2. The van der Waals surface area contributed by atoms with Crippen LogP contribution in [0.1, 0.15) is 12.8 Å². The van der Waals surface area contributed by atoms with Crippen molar-refractivity contribution in [3.8, 4) is 0 Å². The second-order valence-corrected chi connectivity index (χ2v) is 6.52. The quantitative estimate of drug-likeness (QED) is 0.828. The maximum atomic E-state index is 13.9. The van der Waals surface area contributed by atoms with Crippen LogP contribution in [0.2, 0.25) is 0 Å². The van der Waals surface area contributed by atoms with E-state index in [1.807, 2.05) is 0 Å². The number of sulfone groups is 1. The van der Waals surface area contributed by atoms with Crippen molar-refractivity contribution in [1.29, 1.82) is 0 Å². The second kappa shape index (κ2) is 4.88. The summed E-state index contributed by atoms with van der Waals surface area (Å²) >= 11 is 0. The third kappa shape index (κ3) is 2.91. The molecule has 1 fully saturated rings. The molecule has 1 saturated heterocycles. The van der Waals surface area contributed by atoms with E-state index >= 15 is 0 Å². The molecule has 0 spiro atoms.